The third kappa shape index (κ3) is 4.46. The van der Waals surface area contributed by atoms with Gasteiger partial charge in [-0.05, 0) is 43.0 Å². The van der Waals surface area contributed by atoms with E-state index in [4.69, 9.17) is 0 Å². The van der Waals surface area contributed by atoms with Crippen molar-refractivity contribution in [1.82, 2.24) is 25.2 Å². The Morgan fingerprint density at radius 1 is 1.09 bits per heavy atom. The second-order valence-electron chi connectivity index (χ2n) is 8.29. The highest BCUT2D eigenvalue weighted by atomic mass is 16.2. The Bertz CT molecular complexity index is 1130. The minimum atomic E-state index is -0.731. The number of hydrogen-bond acceptors (Lipinski definition) is 5. The van der Waals surface area contributed by atoms with Gasteiger partial charge < -0.3 is 10.6 Å². The van der Waals surface area contributed by atoms with Crippen molar-refractivity contribution in [1.29, 1.82) is 0 Å². The quantitative estimate of drug-likeness (QED) is 0.530. The summed E-state index contributed by atoms with van der Waals surface area (Å²) in [6.45, 7) is 4.15. The van der Waals surface area contributed by atoms with Gasteiger partial charge in [0.1, 0.15) is 6.04 Å². The van der Waals surface area contributed by atoms with Crippen LogP contribution < -0.4 is 15.5 Å². The molecule has 1 aromatic carbocycles. The Hall–Kier alpha value is -3.75. The van der Waals surface area contributed by atoms with E-state index in [0.29, 0.717) is 29.5 Å². The molecule has 1 aliphatic rings. The minimum absolute atomic E-state index is 0.102. The summed E-state index contributed by atoms with van der Waals surface area (Å²) in [5, 5.41) is 14.2. The Balaban J connectivity index is 1.41. The van der Waals surface area contributed by atoms with E-state index in [0.717, 1.165) is 4.90 Å². The summed E-state index contributed by atoms with van der Waals surface area (Å²) in [4.78, 5) is 38.9. The van der Waals surface area contributed by atoms with Crippen LogP contribution in [-0.2, 0) is 9.59 Å². The summed E-state index contributed by atoms with van der Waals surface area (Å²) in [7, 11) is 0. The summed E-state index contributed by atoms with van der Waals surface area (Å²) in [6, 6.07) is 12.9. The number of rotatable bonds is 8. The van der Waals surface area contributed by atoms with Crippen LogP contribution in [0.3, 0.4) is 0 Å². The van der Waals surface area contributed by atoms with Gasteiger partial charge in [0.2, 0.25) is 5.91 Å². The number of benzene rings is 1. The number of imide groups is 1. The SMILES string of the molecule is CC(C)C[C@@H](NC(=O)CC[C@H]1NC(=O)N(c2ccccc2)C1=O)c1nnc2ccccn12. The molecule has 4 amide bonds. The Kier molecular flexibility index (Phi) is 6.16. The van der Waals surface area contributed by atoms with Gasteiger partial charge in [-0.1, -0.05) is 38.1 Å². The molecule has 0 unspecified atom stereocenters. The van der Waals surface area contributed by atoms with Crippen LogP contribution in [0.1, 0.15) is 45.0 Å². The van der Waals surface area contributed by atoms with Crippen molar-refractivity contribution in [3.8, 4) is 0 Å². The molecule has 4 rings (SSSR count). The van der Waals surface area contributed by atoms with Gasteiger partial charge in [-0.2, -0.15) is 0 Å². The van der Waals surface area contributed by atoms with Crippen LogP contribution in [0.15, 0.2) is 54.7 Å². The Morgan fingerprint density at radius 2 is 1.84 bits per heavy atom. The van der Waals surface area contributed by atoms with E-state index >= 15 is 0 Å². The summed E-state index contributed by atoms with van der Waals surface area (Å²) in [6.07, 6.45) is 2.89. The molecule has 3 heterocycles. The molecule has 0 aliphatic carbocycles. The molecule has 0 bridgehead atoms. The average molecular weight is 435 g/mol. The van der Waals surface area contributed by atoms with Crippen LogP contribution in [-0.4, -0.2) is 38.5 Å². The monoisotopic (exact) mass is 434 g/mol. The van der Waals surface area contributed by atoms with E-state index in [1.54, 1.807) is 24.3 Å². The number of hydrogen-bond donors (Lipinski definition) is 2. The first-order valence-corrected chi connectivity index (χ1v) is 10.7. The maximum Gasteiger partial charge on any atom is 0.329 e. The number of carbonyl (C=O) groups excluding carboxylic acids is 3. The average Bonchev–Trinajstić information content (AvgIpc) is 3.32. The Labute approximate surface area is 185 Å². The highest BCUT2D eigenvalue weighted by Crippen LogP contribution is 2.23. The molecule has 2 N–H and O–H groups in total. The number of pyridine rings is 1. The fourth-order valence-corrected chi connectivity index (χ4v) is 3.89. The third-order valence-corrected chi connectivity index (χ3v) is 5.39. The first kappa shape index (κ1) is 21.5. The number of aromatic nitrogens is 3. The second-order valence-corrected chi connectivity index (χ2v) is 8.29. The van der Waals surface area contributed by atoms with Crippen LogP contribution in [0.2, 0.25) is 0 Å². The van der Waals surface area contributed by atoms with Crippen molar-refractivity contribution >= 4 is 29.2 Å². The molecular formula is C23H26N6O3. The van der Waals surface area contributed by atoms with Gasteiger partial charge in [-0.3, -0.25) is 14.0 Å². The number of para-hydroxylation sites is 1. The zero-order chi connectivity index (χ0) is 22.7. The van der Waals surface area contributed by atoms with E-state index in [2.05, 4.69) is 34.7 Å². The summed E-state index contributed by atoms with van der Waals surface area (Å²) in [5.41, 5.74) is 1.23. The Morgan fingerprint density at radius 3 is 2.59 bits per heavy atom. The van der Waals surface area contributed by atoms with Crippen LogP contribution >= 0.6 is 0 Å². The molecule has 0 spiro atoms. The van der Waals surface area contributed by atoms with Crippen molar-refractivity contribution in [2.24, 2.45) is 5.92 Å². The maximum atomic E-state index is 12.8. The van der Waals surface area contributed by atoms with E-state index in [-0.39, 0.29) is 30.7 Å². The van der Waals surface area contributed by atoms with Crippen molar-refractivity contribution in [3.63, 3.8) is 0 Å². The molecule has 1 saturated heterocycles. The highest BCUT2D eigenvalue weighted by molar-refractivity contribution is 6.21. The maximum absolute atomic E-state index is 12.8. The van der Waals surface area contributed by atoms with Gasteiger partial charge in [-0.25, -0.2) is 9.69 Å². The van der Waals surface area contributed by atoms with Crippen LogP contribution in [0.5, 0.6) is 0 Å². The lowest BCUT2D eigenvalue weighted by molar-refractivity contribution is -0.122. The molecule has 9 heteroatoms. The van der Waals surface area contributed by atoms with Gasteiger partial charge >= 0.3 is 6.03 Å². The topological polar surface area (TPSA) is 109 Å². The number of urea groups is 1. The third-order valence-electron chi connectivity index (χ3n) is 5.39. The van der Waals surface area contributed by atoms with Gasteiger partial charge in [-0.15, -0.1) is 10.2 Å². The number of fused-ring (bicyclic) bond motifs is 1. The van der Waals surface area contributed by atoms with E-state index < -0.39 is 12.1 Å². The largest absolute Gasteiger partial charge is 0.346 e. The number of amides is 4. The molecular weight excluding hydrogens is 408 g/mol. The smallest absolute Gasteiger partial charge is 0.329 e. The zero-order valence-electron chi connectivity index (χ0n) is 18.1. The van der Waals surface area contributed by atoms with Gasteiger partial charge in [0.15, 0.2) is 11.5 Å². The van der Waals surface area contributed by atoms with E-state index in [1.807, 2.05) is 34.9 Å². The fraction of sp³-hybridized carbons (Fsp3) is 0.348. The molecule has 1 fully saturated rings. The first-order valence-electron chi connectivity index (χ1n) is 10.7. The molecule has 2 atom stereocenters. The minimum Gasteiger partial charge on any atom is -0.346 e. The predicted molar refractivity (Wildman–Crippen MR) is 119 cm³/mol. The molecule has 1 aliphatic heterocycles. The number of nitrogens with zero attached hydrogens (tertiary/aromatic N) is 4. The highest BCUT2D eigenvalue weighted by Gasteiger charge is 2.39. The van der Waals surface area contributed by atoms with Crippen molar-refractivity contribution < 1.29 is 14.4 Å². The summed E-state index contributed by atoms with van der Waals surface area (Å²) in [5.74, 6) is 0.439. The van der Waals surface area contributed by atoms with Crippen LogP contribution in [0.25, 0.3) is 5.65 Å². The van der Waals surface area contributed by atoms with Gasteiger partial charge in [0.05, 0.1) is 11.7 Å². The molecule has 0 radical (unpaired) electrons. The zero-order valence-corrected chi connectivity index (χ0v) is 18.1. The van der Waals surface area contributed by atoms with Gasteiger partial charge in [0.25, 0.3) is 5.91 Å². The lowest BCUT2D eigenvalue weighted by Gasteiger charge is -2.19. The predicted octanol–water partition coefficient (Wildman–Crippen LogP) is 2.84. The molecule has 2 aromatic heterocycles. The number of anilines is 1. The van der Waals surface area contributed by atoms with E-state index in [9.17, 15) is 14.4 Å². The van der Waals surface area contributed by atoms with Crippen LogP contribution in [0, 0.1) is 5.92 Å². The first-order chi connectivity index (χ1) is 15.4. The molecule has 32 heavy (non-hydrogen) atoms. The van der Waals surface area contributed by atoms with Gasteiger partial charge in [0, 0.05) is 12.6 Å². The number of nitrogens with one attached hydrogen (secondary N) is 2. The lowest BCUT2D eigenvalue weighted by atomic mass is 10.0. The van der Waals surface area contributed by atoms with Crippen molar-refractivity contribution in [2.75, 3.05) is 4.90 Å². The number of carbonyl (C=O) groups is 3. The fourth-order valence-electron chi connectivity index (χ4n) is 3.89. The summed E-state index contributed by atoms with van der Waals surface area (Å²) < 4.78 is 1.87. The standard InChI is InChI=1S/C23H26N6O3/c1-15(2)14-18(21-27-26-19-10-6-7-13-28(19)21)24-20(30)12-11-17-22(31)29(23(32)25-17)16-8-4-3-5-9-16/h3-10,13,15,17-18H,11-12,14H2,1-2H3,(H,24,30)(H,25,32)/t17-,18-/m1/s1. The summed E-state index contributed by atoms with van der Waals surface area (Å²) >= 11 is 0. The van der Waals surface area contributed by atoms with Crippen LogP contribution in [0.4, 0.5) is 10.5 Å². The van der Waals surface area contributed by atoms with Crippen molar-refractivity contribution in [3.05, 3.63) is 60.6 Å². The molecule has 0 saturated carbocycles. The molecule has 9 nitrogen and oxygen atoms in total. The lowest BCUT2D eigenvalue weighted by Crippen LogP contribution is -2.34. The molecule has 3 aromatic rings. The normalized spacial score (nSPS) is 17.1. The van der Waals surface area contributed by atoms with E-state index in [1.165, 1.54) is 0 Å². The molecule has 166 valence electrons. The van der Waals surface area contributed by atoms with Crippen molar-refractivity contribution in [2.45, 2.75) is 45.2 Å². The second kappa shape index (κ2) is 9.17.